The van der Waals surface area contributed by atoms with Crippen LogP contribution < -0.4 is 5.32 Å². The summed E-state index contributed by atoms with van der Waals surface area (Å²) in [6.07, 6.45) is 12.0. The Hall–Kier alpha value is -3.26. The van der Waals surface area contributed by atoms with Crippen LogP contribution >= 0.6 is 23.5 Å². The summed E-state index contributed by atoms with van der Waals surface area (Å²) in [6, 6.07) is 0. The van der Waals surface area contributed by atoms with Gasteiger partial charge in [-0.05, 0) is 75.7 Å². The van der Waals surface area contributed by atoms with Crippen LogP contribution in [0.1, 0.15) is 135 Å². The molecule has 2 fully saturated rings. The van der Waals surface area contributed by atoms with E-state index in [0.29, 0.717) is 144 Å². The van der Waals surface area contributed by atoms with E-state index in [2.05, 4.69) is 5.32 Å². The molecule has 0 aromatic rings. The lowest BCUT2D eigenvalue weighted by molar-refractivity contribution is -0.140. The van der Waals surface area contributed by atoms with Gasteiger partial charge < -0.3 is 52.8 Å². The maximum Gasteiger partial charge on any atom is 0.406 e. The van der Waals surface area contributed by atoms with Crippen molar-refractivity contribution < 1.29 is 81.0 Å². The fraction of sp³-hybridized carbons (Fsp3) is 0.855. The molecule has 6 amide bonds. The Morgan fingerprint density at radius 3 is 1.47 bits per heavy atom. The zero-order chi connectivity index (χ0) is 56.9. The first-order valence-corrected chi connectivity index (χ1v) is 30.5. The number of likely N-dealkylation sites (tertiary alicyclic amines) is 2. The molecule has 450 valence electrons. The Morgan fingerprint density at radius 1 is 0.513 bits per heavy atom. The largest absolute Gasteiger partial charge is 0.450 e. The summed E-state index contributed by atoms with van der Waals surface area (Å²) in [7, 11) is 6.34. The second-order valence-electron chi connectivity index (χ2n) is 19.3. The molecular formula is C55H96N4O17S2. The van der Waals surface area contributed by atoms with E-state index in [1.807, 2.05) is 4.90 Å². The molecular weight excluding hydrogens is 1050 g/mol. The monoisotopic (exact) mass is 1150 g/mol. The summed E-state index contributed by atoms with van der Waals surface area (Å²) in [5, 5.41) is 1.56. The highest BCUT2D eigenvalue weighted by atomic mass is 32.2. The molecule has 0 bridgehead atoms. The first kappa shape index (κ1) is 70.8. The van der Waals surface area contributed by atoms with Gasteiger partial charge >= 0.3 is 6.09 Å². The minimum Gasteiger partial charge on any atom is -0.450 e. The molecule has 0 aromatic carbocycles. The molecule has 2 rings (SSSR count). The van der Waals surface area contributed by atoms with Crippen LogP contribution in [0.15, 0.2) is 0 Å². The van der Waals surface area contributed by atoms with E-state index in [1.54, 1.807) is 21.3 Å². The van der Waals surface area contributed by atoms with Gasteiger partial charge in [-0.1, -0.05) is 25.7 Å². The lowest BCUT2D eigenvalue weighted by Gasteiger charge is -2.23. The van der Waals surface area contributed by atoms with Gasteiger partial charge in [0.05, 0.1) is 83.2 Å². The first-order chi connectivity index (χ1) is 37.9. The topological polar surface area (TPSA) is 241 Å². The Labute approximate surface area is 473 Å². The van der Waals surface area contributed by atoms with E-state index in [1.165, 1.54) is 40.4 Å². The number of unbranched alkanes of at least 4 members (excludes halogenated alkanes) is 9. The number of methoxy groups -OCH3 is 3. The van der Waals surface area contributed by atoms with Gasteiger partial charge in [-0.15, -0.1) is 23.5 Å². The maximum atomic E-state index is 13.4. The van der Waals surface area contributed by atoms with E-state index in [-0.39, 0.29) is 92.6 Å². The van der Waals surface area contributed by atoms with Crippen molar-refractivity contribution in [1.82, 2.24) is 20.0 Å². The standard InChI is InChI=1S/C55H96N4O17S2/c1-56-55(67)76-30-16-11-21-50(62)57(24-12-5-7-17-39-77-48-41-51(63)58(53(48)65)26-22-45(60)19-9-14-28-71-36-37-72-34-31-68-2)25-13-6-8-18-40-78-49-42-52(64)59(54(49)66)27-23-46(61)20-10-15-29-73-43-47(75-38-33-70-4)44-74-35-32-69-3/h47-49H,5-44H2,1-4H3,(H,56,67). The third-order valence-corrected chi connectivity index (χ3v) is 15.6. The number of hydrogen-bond acceptors (Lipinski definition) is 19. The van der Waals surface area contributed by atoms with Crippen molar-refractivity contribution >= 4 is 70.7 Å². The molecule has 2 aliphatic rings. The number of carbonyl (C=O) groups is 8. The van der Waals surface area contributed by atoms with Gasteiger partial charge in [-0.25, -0.2) is 4.79 Å². The molecule has 3 unspecified atom stereocenters. The number of amides is 6. The van der Waals surface area contributed by atoms with Crippen molar-refractivity contribution in [3.8, 4) is 0 Å². The Kier molecular flexibility index (Phi) is 43.0. The normalized spacial score (nSPS) is 15.9. The van der Waals surface area contributed by atoms with Crippen molar-refractivity contribution in [1.29, 1.82) is 0 Å². The molecule has 23 heteroatoms. The summed E-state index contributed by atoms with van der Waals surface area (Å²) in [5.41, 5.74) is 0. The highest BCUT2D eigenvalue weighted by Crippen LogP contribution is 2.28. The van der Waals surface area contributed by atoms with Crippen LogP contribution in [-0.2, 0) is 76.2 Å². The summed E-state index contributed by atoms with van der Waals surface area (Å²) in [5.74, 6) is 0.698. The molecule has 2 aliphatic heterocycles. The predicted octanol–water partition coefficient (Wildman–Crippen LogP) is 5.83. The molecule has 2 heterocycles. The Morgan fingerprint density at radius 2 is 0.949 bits per heavy atom. The van der Waals surface area contributed by atoms with Gasteiger partial charge in [0.1, 0.15) is 17.7 Å². The summed E-state index contributed by atoms with van der Waals surface area (Å²) >= 11 is 3.00. The lowest BCUT2D eigenvalue weighted by atomic mass is 10.1. The van der Waals surface area contributed by atoms with E-state index in [4.69, 9.17) is 42.6 Å². The number of alkyl carbamates (subject to hydrolysis) is 1. The quantitative estimate of drug-likeness (QED) is 0.0556. The van der Waals surface area contributed by atoms with Crippen LogP contribution in [0.25, 0.3) is 0 Å². The second-order valence-corrected chi connectivity index (χ2v) is 21.9. The molecule has 0 aromatic heterocycles. The zero-order valence-electron chi connectivity index (χ0n) is 47.6. The van der Waals surface area contributed by atoms with Crippen LogP contribution in [0.3, 0.4) is 0 Å². The molecule has 0 saturated carbocycles. The van der Waals surface area contributed by atoms with Crippen LogP contribution in [0, 0.1) is 0 Å². The van der Waals surface area contributed by atoms with Crippen molar-refractivity contribution in [2.24, 2.45) is 0 Å². The fourth-order valence-electron chi connectivity index (χ4n) is 8.39. The number of ketones is 2. The van der Waals surface area contributed by atoms with Crippen molar-refractivity contribution in [2.45, 2.75) is 151 Å². The van der Waals surface area contributed by atoms with Crippen molar-refractivity contribution in [3.63, 3.8) is 0 Å². The third-order valence-electron chi connectivity index (χ3n) is 13.0. The molecule has 0 spiro atoms. The van der Waals surface area contributed by atoms with E-state index < -0.39 is 16.6 Å². The van der Waals surface area contributed by atoms with Crippen molar-refractivity contribution in [2.75, 3.05) is 152 Å². The number of Topliss-reactive ketones (excluding diaryl/α,β-unsaturated/α-hetero) is 2. The molecule has 78 heavy (non-hydrogen) atoms. The second kappa shape index (κ2) is 47.4. The summed E-state index contributed by atoms with van der Waals surface area (Å²) in [4.78, 5) is 106. The minimum atomic E-state index is -0.498. The molecule has 0 aliphatic carbocycles. The summed E-state index contributed by atoms with van der Waals surface area (Å²) < 4.78 is 48.1. The number of ether oxygens (including phenoxy) is 9. The molecule has 2 saturated heterocycles. The number of nitrogens with zero attached hydrogens (tertiary/aromatic N) is 3. The van der Waals surface area contributed by atoms with Crippen LogP contribution in [0.2, 0.25) is 0 Å². The smallest absolute Gasteiger partial charge is 0.406 e. The number of imide groups is 2. The van der Waals surface area contributed by atoms with Crippen LogP contribution in [0.4, 0.5) is 4.79 Å². The van der Waals surface area contributed by atoms with Gasteiger partial charge in [-0.2, -0.15) is 0 Å². The zero-order valence-corrected chi connectivity index (χ0v) is 49.2. The molecule has 1 N–H and O–H groups in total. The number of hydrogen-bond donors (Lipinski definition) is 1. The number of thioether (sulfide) groups is 2. The predicted molar refractivity (Wildman–Crippen MR) is 299 cm³/mol. The van der Waals surface area contributed by atoms with Gasteiger partial charge in [0.2, 0.25) is 29.5 Å². The number of rotatable bonds is 54. The number of nitrogens with one attached hydrogen (secondary N) is 1. The van der Waals surface area contributed by atoms with Crippen LogP contribution in [0.5, 0.6) is 0 Å². The van der Waals surface area contributed by atoms with Crippen molar-refractivity contribution in [3.05, 3.63) is 0 Å². The highest BCUT2D eigenvalue weighted by molar-refractivity contribution is 8.00. The fourth-order valence-corrected chi connectivity index (χ4v) is 10.8. The third kappa shape index (κ3) is 34.1. The number of carbonyl (C=O) groups excluding carboxylic acids is 8. The van der Waals surface area contributed by atoms with E-state index in [9.17, 15) is 38.4 Å². The van der Waals surface area contributed by atoms with Gasteiger partial charge in [0.15, 0.2) is 0 Å². The Balaban J connectivity index is 1.63. The van der Waals surface area contributed by atoms with E-state index in [0.717, 1.165) is 69.3 Å². The lowest BCUT2D eigenvalue weighted by Crippen LogP contribution is -2.33. The van der Waals surface area contributed by atoms with Gasteiger partial charge in [0, 0.05) is 113 Å². The SMILES string of the molecule is CNC(=O)OCCCCC(=O)N(CCCCCCSC1CC(=O)N(CCC(=O)CCCCOCCOCCOC)C1=O)CCCCCCSC1CC(=O)N(CCC(=O)CCCCOCC(COCCOC)OCCOC)C1=O. The van der Waals surface area contributed by atoms with Gasteiger partial charge in [-0.3, -0.25) is 43.4 Å². The average molecular weight is 1150 g/mol. The molecule has 3 atom stereocenters. The van der Waals surface area contributed by atoms with Crippen LogP contribution in [-0.4, -0.2) is 230 Å². The molecule has 21 nitrogen and oxygen atoms in total. The average Bonchev–Trinajstić information content (AvgIpc) is 3.87. The Bertz CT molecular complexity index is 1690. The summed E-state index contributed by atoms with van der Waals surface area (Å²) in [6.45, 7) is 7.39. The first-order valence-electron chi connectivity index (χ1n) is 28.4. The minimum absolute atomic E-state index is 0.00868. The highest BCUT2D eigenvalue weighted by Gasteiger charge is 2.39. The molecule has 0 radical (unpaired) electrons. The van der Waals surface area contributed by atoms with Gasteiger partial charge in [0.25, 0.3) is 0 Å². The van der Waals surface area contributed by atoms with E-state index >= 15 is 0 Å². The maximum absolute atomic E-state index is 13.4.